The minimum absolute atomic E-state index is 0.131. The van der Waals surface area contributed by atoms with E-state index in [1.54, 1.807) is 38.1 Å². The molecule has 0 radical (unpaired) electrons. The fourth-order valence-electron chi connectivity index (χ4n) is 2.22. The summed E-state index contributed by atoms with van der Waals surface area (Å²) in [5, 5.41) is 12.1. The minimum Gasteiger partial charge on any atom is -0.481 e. The molecule has 2 atom stereocenters. The first-order valence-corrected chi connectivity index (χ1v) is 9.25. The van der Waals surface area contributed by atoms with Crippen LogP contribution in [0.2, 0.25) is 5.02 Å². The Hall–Kier alpha value is -2.28. The van der Waals surface area contributed by atoms with Gasteiger partial charge in [-0.05, 0) is 30.5 Å². The lowest BCUT2D eigenvalue weighted by atomic mass is 10.0. The Kier molecular flexibility index (Phi) is 9.64. The maximum absolute atomic E-state index is 12.3. The molecule has 27 heavy (non-hydrogen) atoms. The van der Waals surface area contributed by atoms with E-state index >= 15 is 0 Å². The Labute approximate surface area is 164 Å². The lowest BCUT2D eigenvalue weighted by Crippen LogP contribution is -2.35. The number of carbonyl (C=O) groups is 3. The van der Waals surface area contributed by atoms with Crippen LogP contribution in [0.1, 0.15) is 58.1 Å². The van der Waals surface area contributed by atoms with Crippen LogP contribution in [-0.2, 0) is 19.1 Å². The quantitative estimate of drug-likeness (QED) is 0.449. The zero-order valence-electron chi connectivity index (χ0n) is 15.7. The zero-order chi connectivity index (χ0) is 20.4. The molecule has 0 aliphatic carbocycles. The summed E-state index contributed by atoms with van der Waals surface area (Å²) >= 11 is 5.87. The molecule has 150 valence electrons. The summed E-state index contributed by atoms with van der Waals surface area (Å²) in [6, 6.07) is 6.15. The summed E-state index contributed by atoms with van der Waals surface area (Å²) in [5.74, 6) is -1.77. The van der Waals surface area contributed by atoms with Crippen molar-refractivity contribution in [2.45, 2.75) is 58.8 Å². The number of carboxylic acid groups (broad SMARTS) is 1. The van der Waals surface area contributed by atoms with Crippen LogP contribution < -0.4 is 5.32 Å². The average molecular weight is 400 g/mol. The highest BCUT2D eigenvalue weighted by atomic mass is 35.5. The fraction of sp³-hybridized carbons (Fsp3) is 0.526. The highest BCUT2D eigenvalue weighted by Gasteiger charge is 2.23. The lowest BCUT2D eigenvalue weighted by molar-refractivity contribution is -0.172. The summed E-state index contributed by atoms with van der Waals surface area (Å²) in [4.78, 5) is 34.9. The molecule has 0 heterocycles. The molecule has 0 spiro atoms. The van der Waals surface area contributed by atoms with E-state index < -0.39 is 30.4 Å². The molecule has 1 aromatic carbocycles. The molecular formula is C19H26ClNO6. The molecule has 7 nitrogen and oxygen atoms in total. The lowest BCUT2D eigenvalue weighted by Gasteiger charge is -2.22. The number of amides is 1. The van der Waals surface area contributed by atoms with Crippen molar-refractivity contribution in [2.75, 3.05) is 0 Å². The number of rotatable bonds is 10. The Morgan fingerprint density at radius 3 is 2.26 bits per heavy atom. The summed E-state index contributed by atoms with van der Waals surface area (Å²) in [6.07, 6.45) is -0.703. The molecule has 1 aromatic rings. The Morgan fingerprint density at radius 1 is 1.11 bits per heavy atom. The third-order valence-corrected chi connectivity index (χ3v) is 3.95. The van der Waals surface area contributed by atoms with Gasteiger partial charge in [-0.2, -0.15) is 0 Å². The number of carboxylic acids is 1. The van der Waals surface area contributed by atoms with E-state index in [0.717, 1.165) is 0 Å². The van der Waals surface area contributed by atoms with Crippen molar-refractivity contribution in [3.63, 3.8) is 0 Å². The van der Waals surface area contributed by atoms with Gasteiger partial charge < -0.3 is 19.9 Å². The van der Waals surface area contributed by atoms with Gasteiger partial charge in [0.15, 0.2) is 0 Å². The van der Waals surface area contributed by atoms with Crippen molar-refractivity contribution in [1.82, 2.24) is 5.32 Å². The molecule has 0 fully saturated rings. The van der Waals surface area contributed by atoms with Gasteiger partial charge in [-0.3, -0.25) is 9.59 Å². The Morgan fingerprint density at radius 2 is 1.74 bits per heavy atom. The second-order valence-electron chi connectivity index (χ2n) is 6.40. The monoisotopic (exact) mass is 399 g/mol. The van der Waals surface area contributed by atoms with Gasteiger partial charge in [0.2, 0.25) is 6.29 Å². The van der Waals surface area contributed by atoms with E-state index in [0.29, 0.717) is 23.4 Å². The third-order valence-electron chi connectivity index (χ3n) is 3.69. The van der Waals surface area contributed by atoms with Crippen molar-refractivity contribution in [3.8, 4) is 0 Å². The number of aliphatic carboxylic acids is 1. The molecular weight excluding hydrogens is 374 g/mol. The third kappa shape index (κ3) is 8.77. The molecule has 0 aliphatic heterocycles. The number of nitrogens with one attached hydrogen (secondary N) is 1. The summed E-state index contributed by atoms with van der Waals surface area (Å²) in [7, 11) is 0. The maximum atomic E-state index is 12.3. The van der Waals surface area contributed by atoms with Gasteiger partial charge in [-0.25, -0.2) is 4.79 Å². The van der Waals surface area contributed by atoms with E-state index in [2.05, 4.69) is 5.32 Å². The number of alkyl carbamates (subject to hydrolysis) is 1. The van der Waals surface area contributed by atoms with Gasteiger partial charge in [-0.15, -0.1) is 0 Å². The highest BCUT2D eigenvalue weighted by molar-refractivity contribution is 6.30. The van der Waals surface area contributed by atoms with Crippen molar-refractivity contribution in [1.29, 1.82) is 0 Å². The van der Waals surface area contributed by atoms with E-state index in [1.807, 2.05) is 6.92 Å². The van der Waals surface area contributed by atoms with Crippen molar-refractivity contribution < 1.29 is 29.0 Å². The smallest absolute Gasteiger partial charge is 0.410 e. The second-order valence-corrected chi connectivity index (χ2v) is 6.83. The van der Waals surface area contributed by atoms with Gasteiger partial charge in [0.05, 0.1) is 12.0 Å². The molecule has 0 bridgehead atoms. The van der Waals surface area contributed by atoms with Gasteiger partial charge in [0.25, 0.3) is 0 Å². The molecule has 8 heteroatoms. The topological polar surface area (TPSA) is 102 Å². The molecule has 0 saturated carbocycles. The molecule has 1 amide bonds. The number of halogens is 1. The molecule has 0 aliphatic rings. The molecule has 2 N–H and O–H groups in total. The van der Waals surface area contributed by atoms with Crippen LogP contribution >= 0.6 is 11.6 Å². The zero-order valence-corrected chi connectivity index (χ0v) is 16.5. The van der Waals surface area contributed by atoms with Gasteiger partial charge in [0, 0.05) is 17.9 Å². The second kappa shape index (κ2) is 11.4. The molecule has 0 aromatic heterocycles. The number of esters is 1. The SMILES string of the molecule is CCCC(OC(=O)NC(CCC(=O)O)c1ccc(Cl)cc1)OC(=O)C(C)C. The van der Waals surface area contributed by atoms with Crippen molar-refractivity contribution in [2.24, 2.45) is 5.92 Å². The van der Waals surface area contributed by atoms with Crippen molar-refractivity contribution in [3.05, 3.63) is 34.9 Å². The van der Waals surface area contributed by atoms with E-state index in [-0.39, 0.29) is 18.8 Å². The number of carbonyl (C=O) groups excluding carboxylic acids is 2. The standard InChI is InChI=1S/C19H26ClNO6/c1-4-5-17(26-18(24)12(2)3)27-19(25)21-15(10-11-16(22)23)13-6-8-14(20)9-7-13/h6-9,12,15,17H,4-5,10-11H2,1-3H3,(H,21,25)(H,22,23). The summed E-state index contributed by atoms with van der Waals surface area (Å²) < 4.78 is 10.4. The van der Waals surface area contributed by atoms with Gasteiger partial charge in [-0.1, -0.05) is 44.5 Å². The predicted octanol–water partition coefficient (Wildman–Crippen LogP) is 4.30. The Bertz CT molecular complexity index is 632. The van der Waals surface area contributed by atoms with Gasteiger partial charge in [0.1, 0.15) is 0 Å². The maximum Gasteiger partial charge on any atom is 0.410 e. The van der Waals surface area contributed by atoms with Crippen LogP contribution in [0.25, 0.3) is 0 Å². The van der Waals surface area contributed by atoms with E-state index in [4.69, 9.17) is 26.2 Å². The molecule has 0 saturated heterocycles. The van der Waals surface area contributed by atoms with E-state index in [9.17, 15) is 14.4 Å². The highest BCUT2D eigenvalue weighted by Crippen LogP contribution is 2.21. The normalized spacial score (nSPS) is 12.9. The van der Waals surface area contributed by atoms with E-state index in [1.165, 1.54) is 0 Å². The number of hydrogen-bond donors (Lipinski definition) is 2. The molecule has 2 unspecified atom stereocenters. The van der Waals surface area contributed by atoms with Crippen LogP contribution in [0.5, 0.6) is 0 Å². The van der Waals surface area contributed by atoms with Crippen molar-refractivity contribution >= 4 is 29.6 Å². The average Bonchev–Trinajstić information content (AvgIpc) is 2.59. The Balaban J connectivity index is 2.79. The van der Waals surface area contributed by atoms with Crippen LogP contribution in [0.4, 0.5) is 4.79 Å². The fourth-order valence-corrected chi connectivity index (χ4v) is 2.35. The number of ether oxygens (including phenoxy) is 2. The first kappa shape index (κ1) is 22.8. The first-order chi connectivity index (χ1) is 12.7. The number of benzene rings is 1. The van der Waals surface area contributed by atoms with Crippen LogP contribution in [0.3, 0.4) is 0 Å². The van der Waals surface area contributed by atoms with Crippen LogP contribution in [0, 0.1) is 5.92 Å². The van der Waals surface area contributed by atoms with Gasteiger partial charge >= 0.3 is 18.0 Å². The van der Waals surface area contributed by atoms with Crippen LogP contribution in [0.15, 0.2) is 24.3 Å². The predicted molar refractivity (Wildman–Crippen MR) is 100 cm³/mol. The summed E-state index contributed by atoms with van der Waals surface area (Å²) in [5.41, 5.74) is 0.698. The summed E-state index contributed by atoms with van der Waals surface area (Å²) in [6.45, 7) is 5.25. The molecule has 1 rings (SSSR count). The van der Waals surface area contributed by atoms with Crippen LogP contribution in [-0.4, -0.2) is 29.4 Å². The first-order valence-electron chi connectivity index (χ1n) is 8.87. The number of hydrogen-bond acceptors (Lipinski definition) is 5. The minimum atomic E-state index is -0.991. The largest absolute Gasteiger partial charge is 0.481 e.